The van der Waals surface area contributed by atoms with Crippen LogP contribution in [0, 0.1) is 23.7 Å². The van der Waals surface area contributed by atoms with Gasteiger partial charge in [0.15, 0.2) is 0 Å². The van der Waals surface area contributed by atoms with Gasteiger partial charge in [-0.2, -0.15) is 0 Å². The topological polar surface area (TPSA) is 8.17 Å². The van der Waals surface area contributed by atoms with Crippen molar-refractivity contribution in [2.45, 2.75) is 56.8 Å². The Kier molecular flexibility index (Phi) is 5.51. The van der Waals surface area contributed by atoms with E-state index in [1.165, 1.54) is 98.9 Å². The molecule has 0 amide bonds. The first-order chi connectivity index (χ1) is 25.0. The molecular formula is C49H42N2. The number of hydrogen-bond donors (Lipinski definition) is 0. The molecule has 1 spiro atoms. The molecule has 248 valence electrons. The number of aromatic nitrogens is 1. The number of anilines is 3. The van der Waals surface area contributed by atoms with Crippen LogP contribution in [0.15, 0.2) is 133 Å². The van der Waals surface area contributed by atoms with Gasteiger partial charge in [-0.15, -0.1) is 0 Å². The smallest absolute Gasteiger partial charge is 0.0584 e. The molecule has 0 radical (unpaired) electrons. The summed E-state index contributed by atoms with van der Waals surface area (Å²) in [7, 11) is 0. The van der Waals surface area contributed by atoms with Gasteiger partial charge in [-0.3, -0.25) is 0 Å². The molecule has 4 saturated carbocycles. The first-order valence-electron chi connectivity index (χ1n) is 19.3. The van der Waals surface area contributed by atoms with Gasteiger partial charge in [0.25, 0.3) is 0 Å². The summed E-state index contributed by atoms with van der Waals surface area (Å²) in [6.07, 6.45) is 6.94. The Balaban J connectivity index is 1.17. The van der Waals surface area contributed by atoms with Gasteiger partial charge in [-0.05, 0) is 138 Å². The highest BCUT2D eigenvalue weighted by Gasteiger charge is 2.61. The van der Waals surface area contributed by atoms with Gasteiger partial charge in [-0.25, -0.2) is 0 Å². The average Bonchev–Trinajstić information content (AvgIpc) is 3.61. The molecule has 5 aliphatic carbocycles. The van der Waals surface area contributed by atoms with E-state index in [2.05, 4.69) is 157 Å². The van der Waals surface area contributed by atoms with Gasteiger partial charge in [-0.1, -0.05) is 98.8 Å². The van der Waals surface area contributed by atoms with Gasteiger partial charge < -0.3 is 9.47 Å². The average molecular weight is 659 g/mol. The Hall–Kier alpha value is -5.08. The standard InChI is InChI=1S/C49H42N2/c1-48(2)41-16-8-6-14-37(41)38-21-20-35(28-43(38)48)50(34-12-4-3-5-13-34)36-27-40-39-15-7-10-18-45(39)51-46-19-11-9-17-42(46)49(44(29-36)47(40)51)32-23-30-22-31(25-32)26-33(49)24-30/h3-21,27-33H,22-26H2,1-2H3. The maximum Gasteiger partial charge on any atom is 0.0584 e. The summed E-state index contributed by atoms with van der Waals surface area (Å²) in [6.45, 7) is 4.79. The van der Waals surface area contributed by atoms with E-state index in [0.29, 0.717) is 11.8 Å². The zero-order valence-electron chi connectivity index (χ0n) is 29.4. The summed E-state index contributed by atoms with van der Waals surface area (Å²) >= 11 is 0. The lowest BCUT2D eigenvalue weighted by molar-refractivity contribution is -0.0418. The Morgan fingerprint density at radius 3 is 1.96 bits per heavy atom. The Morgan fingerprint density at radius 1 is 0.510 bits per heavy atom. The van der Waals surface area contributed by atoms with Crippen molar-refractivity contribution in [1.82, 2.24) is 4.57 Å². The first kappa shape index (κ1) is 28.6. The number of hydrogen-bond acceptors (Lipinski definition) is 1. The van der Waals surface area contributed by atoms with Crippen molar-refractivity contribution in [1.29, 1.82) is 0 Å². The lowest BCUT2D eigenvalue weighted by Gasteiger charge is -2.63. The van der Waals surface area contributed by atoms with Crippen LogP contribution in [0.2, 0.25) is 0 Å². The second-order valence-electron chi connectivity index (χ2n) is 17.0. The van der Waals surface area contributed by atoms with Crippen molar-refractivity contribution in [3.63, 3.8) is 0 Å². The predicted octanol–water partition coefficient (Wildman–Crippen LogP) is 12.6. The molecule has 1 aliphatic heterocycles. The maximum absolute atomic E-state index is 2.66. The summed E-state index contributed by atoms with van der Waals surface area (Å²) in [5.41, 5.74) is 16.6. The number of rotatable bonds is 3. The van der Waals surface area contributed by atoms with Gasteiger partial charge >= 0.3 is 0 Å². The number of benzene rings is 6. The molecule has 6 aromatic carbocycles. The Labute approximate surface area is 300 Å². The molecule has 0 N–H and O–H groups in total. The second kappa shape index (κ2) is 9.82. The van der Waals surface area contributed by atoms with Gasteiger partial charge in [0.05, 0.1) is 16.7 Å². The summed E-state index contributed by atoms with van der Waals surface area (Å²) in [5, 5.41) is 2.74. The molecule has 0 saturated heterocycles. The number of nitrogens with zero attached hydrogens (tertiary/aromatic N) is 2. The van der Waals surface area contributed by atoms with Crippen molar-refractivity contribution in [2.75, 3.05) is 4.90 Å². The fourth-order valence-electron chi connectivity index (χ4n) is 12.6. The third kappa shape index (κ3) is 3.54. The highest BCUT2D eigenvalue weighted by atomic mass is 15.1. The van der Waals surface area contributed by atoms with Gasteiger partial charge in [0.2, 0.25) is 0 Å². The molecule has 51 heavy (non-hydrogen) atoms. The van der Waals surface area contributed by atoms with Crippen molar-refractivity contribution in [3.05, 3.63) is 156 Å². The Bertz CT molecular complexity index is 2560. The molecule has 13 rings (SSSR count). The van der Waals surface area contributed by atoms with Crippen LogP contribution in [0.3, 0.4) is 0 Å². The zero-order chi connectivity index (χ0) is 33.6. The van der Waals surface area contributed by atoms with Crippen LogP contribution >= 0.6 is 0 Å². The summed E-state index contributed by atoms with van der Waals surface area (Å²) in [6, 6.07) is 51.3. The SMILES string of the molecule is CC1(C)c2ccccc2-c2ccc(N(c3ccccc3)c3cc4c5c(c3)c3ccccc3n5-c3ccccc3C43C4CC5CC(C4)CC3C5)cc21. The third-order valence-corrected chi connectivity index (χ3v) is 14.3. The number of fused-ring (bicyclic) bond motifs is 8. The lowest BCUT2D eigenvalue weighted by atomic mass is 9.41. The summed E-state index contributed by atoms with van der Waals surface area (Å²) in [4.78, 5) is 2.56. The fraction of sp³-hybridized carbons (Fsp3) is 0.265. The molecule has 6 aliphatic rings. The molecule has 0 unspecified atom stereocenters. The van der Waals surface area contributed by atoms with Crippen LogP contribution in [0.5, 0.6) is 0 Å². The lowest BCUT2D eigenvalue weighted by Crippen LogP contribution is -2.57. The van der Waals surface area contributed by atoms with E-state index in [0.717, 1.165) is 11.8 Å². The largest absolute Gasteiger partial charge is 0.310 e. The predicted molar refractivity (Wildman–Crippen MR) is 211 cm³/mol. The van der Waals surface area contributed by atoms with E-state index >= 15 is 0 Å². The molecule has 2 nitrogen and oxygen atoms in total. The van der Waals surface area contributed by atoms with E-state index in [1.807, 2.05) is 0 Å². The van der Waals surface area contributed by atoms with E-state index in [9.17, 15) is 0 Å². The molecule has 2 heterocycles. The van der Waals surface area contributed by atoms with Crippen molar-refractivity contribution in [3.8, 4) is 16.8 Å². The van der Waals surface area contributed by atoms with Crippen LogP contribution in [0.25, 0.3) is 38.6 Å². The number of para-hydroxylation sites is 3. The molecule has 1 aromatic heterocycles. The molecular weight excluding hydrogens is 617 g/mol. The van der Waals surface area contributed by atoms with Crippen molar-refractivity contribution >= 4 is 38.9 Å². The minimum atomic E-state index is -0.0676. The monoisotopic (exact) mass is 658 g/mol. The molecule has 2 heteroatoms. The zero-order valence-corrected chi connectivity index (χ0v) is 29.4. The summed E-state index contributed by atoms with van der Waals surface area (Å²) in [5.74, 6) is 3.17. The normalized spacial score (nSPS) is 25.7. The highest BCUT2D eigenvalue weighted by Crippen LogP contribution is 2.68. The first-order valence-corrected chi connectivity index (χ1v) is 19.3. The van der Waals surface area contributed by atoms with Crippen LogP contribution in [-0.2, 0) is 10.8 Å². The Morgan fingerprint density at radius 2 is 1.16 bits per heavy atom. The molecule has 4 fully saturated rings. The van der Waals surface area contributed by atoms with E-state index in [4.69, 9.17) is 0 Å². The van der Waals surface area contributed by atoms with Crippen molar-refractivity contribution < 1.29 is 0 Å². The van der Waals surface area contributed by atoms with Crippen LogP contribution in [-0.4, -0.2) is 4.57 Å². The van der Waals surface area contributed by atoms with Crippen LogP contribution in [0.4, 0.5) is 17.1 Å². The molecule has 7 aromatic rings. The highest BCUT2D eigenvalue weighted by molar-refractivity contribution is 6.13. The van der Waals surface area contributed by atoms with Crippen molar-refractivity contribution in [2.24, 2.45) is 23.7 Å². The second-order valence-corrected chi connectivity index (χ2v) is 17.0. The van der Waals surface area contributed by atoms with E-state index < -0.39 is 0 Å². The van der Waals surface area contributed by atoms with Crippen LogP contribution in [0.1, 0.15) is 68.2 Å². The quantitative estimate of drug-likeness (QED) is 0.183. The van der Waals surface area contributed by atoms with Gasteiger partial charge in [0.1, 0.15) is 0 Å². The van der Waals surface area contributed by atoms with Gasteiger partial charge in [0, 0.05) is 38.7 Å². The fourth-order valence-corrected chi connectivity index (χ4v) is 12.6. The minimum absolute atomic E-state index is 0.0343. The van der Waals surface area contributed by atoms with Crippen LogP contribution < -0.4 is 4.90 Å². The third-order valence-electron chi connectivity index (χ3n) is 14.3. The molecule has 4 bridgehead atoms. The van der Waals surface area contributed by atoms with E-state index in [-0.39, 0.29) is 10.8 Å². The minimum Gasteiger partial charge on any atom is -0.310 e. The maximum atomic E-state index is 2.66. The van der Waals surface area contributed by atoms with E-state index in [1.54, 1.807) is 11.1 Å². The molecule has 0 atom stereocenters. The summed E-state index contributed by atoms with van der Waals surface area (Å²) < 4.78 is 2.64.